The van der Waals surface area contributed by atoms with E-state index >= 15 is 0 Å². The molecule has 12 heteroatoms. The maximum Gasteiger partial charge on any atom is 0.327 e. The SMILES string of the molecule is CC(C)(C)C(=O)N1C(C(=O)O)CSC1(c1sc(C(N)=O)nc1-c1ccc(C(=O)NC2CC2)cc1)C1CCOCC1. The molecule has 0 spiro atoms. The molecule has 1 aromatic heterocycles. The van der Waals surface area contributed by atoms with E-state index in [1.165, 1.54) is 16.7 Å². The van der Waals surface area contributed by atoms with E-state index in [-0.39, 0.29) is 34.5 Å². The molecule has 2 atom stereocenters. The molecule has 2 unspecified atom stereocenters. The van der Waals surface area contributed by atoms with Gasteiger partial charge in [0, 0.05) is 47.5 Å². The number of amides is 3. The number of hydrogen-bond acceptors (Lipinski definition) is 8. The molecule has 5 rings (SSSR count). The van der Waals surface area contributed by atoms with Crippen LogP contribution < -0.4 is 11.1 Å². The number of aromatic nitrogens is 1. The van der Waals surface area contributed by atoms with Crippen LogP contribution in [-0.4, -0.2) is 69.7 Å². The number of carboxylic acids is 1. The standard InChI is InChI=1S/C28H34N4O6S2/c1-27(2,3)26(37)32-19(25(35)36)14-39-28(32,17-10-12-38-13-11-17)21-20(31-24(40-21)22(29)33)15-4-6-16(7-5-15)23(34)30-18-8-9-18/h4-7,17-19H,8-14H2,1-3H3,(H2,29,33)(H,30,34)(H,35,36). The lowest BCUT2D eigenvalue weighted by Crippen LogP contribution is -2.57. The number of primary amides is 1. The molecule has 1 saturated carbocycles. The molecule has 1 aromatic carbocycles. The van der Waals surface area contributed by atoms with E-state index in [4.69, 9.17) is 10.5 Å². The van der Waals surface area contributed by atoms with Gasteiger partial charge in [0.15, 0.2) is 5.01 Å². The van der Waals surface area contributed by atoms with E-state index in [0.717, 1.165) is 24.2 Å². The Kier molecular flexibility index (Phi) is 7.71. The van der Waals surface area contributed by atoms with Crippen LogP contribution in [0.4, 0.5) is 0 Å². The van der Waals surface area contributed by atoms with Gasteiger partial charge in [0.25, 0.3) is 11.8 Å². The van der Waals surface area contributed by atoms with Crippen LogP contribution in [0.25, 0.3) is 11.3 Å². The molecule has 0 radical (unpaired) electrons. The predicted molar refractivity (Wildman–Crippen MR) is 152 cm³/mol. The molecule has 2 aromatic rings. The number of aliphatic carboxylic acids is 1. The zero-order valence-corrected chi connectivity index (χ0v) is 24.4. The highest BCUT2D eigenvalue weighted by molar-refractivity contribution is 8.00. The van der Waals surface area contributed by atoms with Crippen LogP contribution in [0.3, 0.4) is 0 Å². The molecule has 3 aliphatic rings. The minimum Gasteiger partial charge on any atom is -0.480 e. The average molecular weight is 587 g/mol. The summed E-state index contributed by atoms with van der Waals surface area (Å²) < 4.78 is 5.65. The van der Waals surface area contributed by atoms with Crippen molar-refractivity contribution in [3.05, 3.63) is 39.7 Å². The van der Waals surface area contributed by atoms with Crippen molar-refractivity contribution >= 4 is 46.8 Å². The highest BCUT2D eigenvalue weighted by Gasteiger charge is 2.60. The minimum absolute atomic E-state index is 0.0783. The van der Waals surface area contributed by atoms with Gasteiger partial charge in [-0.15, -0.1) is 23.1 Å². The van der Waals surface area contributed by atoms with Crippen LogP contribution in [0.15, 0.2) is 24.3 Å². The van der Waals surface area contributed by atoms with E-state index in [9.17, 15) is 24.3 Å². The lowest BCUT2D eigenvalue weighted by Gasteiger charge is -2.47. The number of carboxylic acid groups (broad SMARTS) is 1. The summed E-state index contributed by atoms with van der Waals surface area (Å²) in [6, 6.07) is 6.13. The van der Waals surface area contributed by atoms with Gasteiger partial charge < -0.3 is 25.8 Å². The Bertz CT molecular complexity index is 1330. The first-order valence-electron chi connectivity index (χ1n) is 13.4. The quantitative estimate of drug-likeness (QED) is 0.446. The molecule has 0 bridgehead atoms. The van der Waals surface area contributed by atoms with Crippen molar-refractivity contribution < 1.29 is 29.0 Å². The van der Waals surface area contributed by atoms with Crippen LogP contribution in [0.1, 0.15) is 71.5 Å². The molecular weight excluding hydrogens is 552 g/mol. The molecule has 214 valence electrons. The summed E-state index contributed by atoms with van der Waals surface area (Å²) in [5.41, 5.74) is 6.46. The van der Waals surface area contributed by atoms with Crippen molar-refractivity contribution in [3.8, 4) is 11.3 Å². The number of nitrogens with one attached hydrogen (secondary N) is 1. The summed E-state index contributed by atoms with van der Waals surface area (Å²) in [7, 11) is 0. The predicted octanol–water partition coefficient (Wildman–Crippen LogP) is 3.46. The number of ether oxygens (including phenoxy) is 1. The fraction of sp³-hybridized carbons (Fsp3) is 0.536. The van der Waals surface area contributed by atoms with E-state index in [0.29, 0.717) is 47.8 Å². The van der Waals surface area contributed by atoms with Gasteiger partial charge in [-0.1, -0.05) is 32.9 Å². The maximum absolute atomic E-state index is 14.1. The van der Waals surface area contributed by atoms with Crippen molar-refractivity contribution in [3.63, 3.8) is 0 Å². The largest absolute Gasteiger partial charge is 0.480 e. The Morgan fingerprint density at radius 1 is 1.10 bits per heavy atom. The number of carbonyl (C=O) groups is 4. The molecular formula is C28H34N4O6S2. The number of rotatable bonds is 7. The second-order valence-corrected chi connectivity index (χ2v) is 13.8. The van der Waals surface area contributed by atoms with Gasteiger partial charge >= 0.3 is 5.97 Å². The highest BCUT2D eigenvalue weighted by atomic mass is 32.2. The number of thioether (sulfide) groups is 1. The highest BCUT2D eigenvalue weighted by Crippen LogP contribution is 2.59. The first-order chi connectivity index (χ1) is 18.9. The van der Waals surface area contributed by atoms with Gasteiger partial charge in [-0.2, -0.15) is 0 Å². The topological polar surface area (TPSA) is 152 Å². The normalized spacial score (nSPS) is 23.7. The van der Waals surface area contributed by atoms with Crippen molar-refractivity contribution in [1.29, 1.82) is 0 Å². The molecule has 2 aliphatic heterocycles. The maximum atomic E-state index is 14.1. The van der Waals surface area contributed by atoms with Crippen LogP contribution in [0, 0.1) is 11.3 Å². The third-order valence-electron chi connectivity index (χ3n) is 7.55. The molecule has 2 saturated heterocycles. The van der Waals surface area contributed by atoms with Gasteiger partial charge in [-0.25, -0.2) is 9.78 Å². The molecule has 4 N–H and O–H groups in total. The summed E-state index contributed by atoms with van der Waals surface area (Å²) >= 11 is 2.53. The average Bonchev–Trinajstić information content (AvgIpc) is 3.46. The number of thiazole rings is 1. The Balaban J connectivity index is 1.68. The second kappa shape index (κ2) is 10.8. The Hall–Kier alpha value is -2.96. The molecule has 3 heterocycles. The van der Waals surface area contributed by atoms with E-state index in [2.05, 4.69) is 10.3 Å². The van der Waals surface area contributed by atoms with Gasteiger partial charge in [0.2, 0.25) is 5.91 Å². The third kappa shape index (κ3) is 5.24. The molecule has 3 fully saturated rings. The molecule has 40 heavy (non-hydrogen) atoms. The van der Waals surface area contributed by atoms with Gasteiger partial charge in [-0.05, 0) is 37.8 Å². The van der Waals surface area contributed by atoms with E-state index in [1.54, 1.807) is 45.0 Å². The second-order valence-electron chi connectivity index (χ2n) is 11.6. The zero-order valence-electron chi connectivity index (χ0n) is 22.8. The van der Waals surface area contributed by atoms with Crippen LogP contribution in [0.2, 0.25) is 0 Å². The van der Waals surface area contributed by atoms with Crippen molar-refractivity contribution in [1.82, 2.24) is 15.2 Å². The van der Waals surface area contributed by atoms with Crippen LogP contribution in [-0.2, 0) is 19.2 Å². The Morgan fingerprint density at radius 2 is 1.75 bits per heavy atom. The summed E-state index contributed by atoms with van der Waals surface area (Å²) in [6.45, 7) is 6.28. The van der Waals surface area contributed by atoms with Gasteiger partial charge in [-0.3, -0.25) is 14.4 Å². The number of benzene rings is 1. The summed E-state index contributed by atoms with van der Waals surface area (Å²) in [4.78, 5) is 57.3. The van der Waals surface area contributed by atoms with Crippen LogP contribution >= 0.6 is 23.1 Å². The van der Waals surface area contributed by atoms with Crippen molar-refractivity contribution in [2.45, 2.75) is 63.4 Å². The third-order valence-corrected chi connectivity index (χ3v) is 10.5. The number of hydrogen-bond donors (Lipinski definition) is 3. The smallest absolute Gasteiger partial charge is 0.327 e. The van der Waals surface area contributed by atoms with Crippen molar-refractivity contribution in [2.24, 2.45) is 17.1 Å². The molecule has 10 nitrogen and oxygen atoms in total. The lowest BCUT2D eigenvalue weighted by atomic mass is 9.84. The summed E-state index contributed by atoms with van der Waals surface area (Å²) in [5.74, 6) is -2.17. The van der Waals surface area contributed by atoms with Gasteiger partial charge in [0.1, 0.15) is 10.9 Å². The first-order valence-corrected chi connectivity index (χ1v) is 15.2. The van der Waals surface area contributed by atoms with Crippen LogP contribution in [0.5, 0.6) is 0 Å². The summed E-state index contributed by atoms with van der Waals surface area (Å²) in [5, 5.41) is 13.3. The molecule has 3 amide bonds. The van der Waals surface area contributed by atoms with E-state index < -0.39 is 28.2 Å². The molecule has 1 aliphatic carbocycles. The minimum atomic E-state index is -1.10. The Morgan fingerprint density at radius 3 is 2.30 bits per heavy atom. The van der Waals surface area contributed by atoms with Crippen molar-refractivity contribution in [2.75, 3.05) is 19.0 Å². The van der Waals surface area contributed by atoms with E-state index in [1.807, 2.05) is 0 Å². The lowest BCUT2D eigenvalue weighted by molar-refractivity contribution is -0.158. The number of carbonyl (C=O) groups excluding carboxylic acids is 3. The fourth-order valence-electron chi connectivity index (χ4n) is 5.32. The Labute approximate surface area is 241 Å². The monoisotopic (exact) mass is 586 g/mol. The number of nitrogens with two attached hydrogens (primary N) is 1. The zero-order chi connectivity index (χ0) is 28.8. The summed E-state index contributed by atoms with van der Waals surface area (Å²) in [6.07, 6.45) is 3.18. The first kappa shape index (κ1) is 28.6. The fourth-order valence-corrected chi connectivity index (χ4v) is 8.48. The van der Waals surface area contributed by atoms with Gasteiger partial charge in [0.05, 0.1) is 10.6 Å². The number of nitrogens with zero attached hydrogens (tertiary/aromatic N) is 2.